The highest BCUT2D eigenvalue weighted by atomic mass is 32.2. The Balaban J connectivity index is 1.35. The van der Waals surface area contributed by atoms with Crippen molar-refractivity contribution in [3.63, 3.8) is 0 Å². The zero-order valence-electron chi connectivity index (χ0n) is 19.3. The maximum absolute atomic E-state index is 12.8. The average Bonchev–Trinajstić information content (AvgIpc) is 3.41. The number of aryl methyl sites for hydroxylation is 1. The largest absolute Gasteiger partial charge is 0.507 e. The molecule has 2 heterocycles. The van der Waals surface area contributed by atoms with Gasteiger partial charge in [-0.2, -0.15) is 0 Å². The number of hydrogen-bond donors (Lipinski definition) is 2. The Kier molecular flexibility index (Phi) is 6.29. The predicted octanol–water partition coefficient (Wildman–Crippen LogP) is 5.70. The van der Waals surface area contributed by atoms with Crippen molar-refractivity contribution < 1.29 is 9.90 Å². The van der Waals surface area contributed by atoms with Gasteiger partial charge in [-0.05, 0) is 43.3 Å². The lowest BCUT2D eigenvalue weighted by Gasteiger charge is -2.09. The number of phenols is 1. The molecule has 35 heavy (non-hydrogen) atoms. The van der Waals surface area contributed by atoms with Crippen LogP contribution in [0.1, 0.15) is 6.92 Å². The molecule has 2 aromatic heterocycles. The maximum Gasteiger partial charge on any atom is 0.234 e. The summed E-state index contributed by atoms with van der Waals surface area (Å²) >= 11 is 1.29. The molecular weight excluding hydrogens is 458 g/mol. The van der Waals surface area contributed by atoms with Crippen molar-refractivity contribution in [3.05, 3.63) is 79.4 Å². The number of thioether (sulfide) groups is 1. The van der Waals surface area contributed by atoms with Crippen LogP contribution in [0.4, 0.5) is 5.69 Å². The molecule has 176 valence electrons. The zero-order valence-corrected chi connectivity index (χ0v) is 20.1. The van der Waals surface area contributed by atoms with Crippen LogP contribution in [0.3, 0.4) is 0 Å². The number of aromatic nitrogens is 4. The number of phenolic OH excluding ortho intramolecular Hbond substituents is 1. The molecule has 0 atom stereocenters. The van der Waals surface area contributed by atoms with E-state index in [0.29, 0.717) is 23.1 Å². The summed E-state index contributed by atoms with van der Waals surface area (Å²) in [4.78, 5) is 12.8. The van der Waals surface area contributed by atoms with Crippen molar-refractivity contribution in [2.45, 2.75) is 25.2 Å². The number of aromatic hydroxyl groups is 1. The molecular formula is C27H25N5O2S. The van der Waals surface area contributed by atoms with Gasteiger partial charge in [-0.25, -0.2) is 0 Å². The minimum Gasteiger partial charge on any atom is -0.507 e. The molecule has 0 aliphatic carbocycles. The fraction of sp³-hybridized carbons (Fsp3) is 0.148. The van der Waals surface area contributed by atoms with E-state index < -0.39 is 0 Å². The molecule has 0 saturated carbocycles. The third-order valence-corrected chi connectivity index (χ3v) is 6.84. The standard InChI is InChI=1S/C27H25N5O2S/c1-3-15-32-26(20-10-6-8-12-24(20)33)29-30-27(32)35-17-25(34)28-18-13-14-23-21(16-18)19-9-5-7-11-22(19)31(23)4-2/h3,5-14,16,33H,1,4,15,17H2,2H3,(H,28,34). The number of carbonyl (C=O) groups is 1. The molecule has 1 amide bonds. The Bertz CT molecular complexity index is 1550. The highest BCUT2D eigenvalue weighted by Crippen LogP contribution is 2.32. The number of hydrogen-bond acceptors (Lipinski definition) is 5. The monoisotopic (exact) mass is 483 g/mol. The van der Waals surface area contributed by atoms with E-state index in [1.165, 1.54) is 22.7 Å². The highest BCUT2D eigenvalue weighted by molar-refractivity contribution is 7.99. The number of rotatable bonds is 8. The highest BCUT2D eigenvalue weighted by Gasteiger charge is 2.17. The van der Waals surface area contributed by atoms with Gasteiger partial charge in [0.05, 0.1) is 11.3 Å². The molecule has 0 saturated heterocycles. The molecule has 2 N–H and O–H groups in total. The van der Waals surface area contributed by atoms with Crippen molar-refractivity contribution >= 4 is 45.2 Å². The van der Waals surface area contributed by atoms with Crippen LogP contribution in [0.15, 0.2) is 84.5 Å². The van der Waals surface area contributed by atoms with Crippen LogP contribution >= 0.6 is 11.8 Å². The number of nitrogens with zero attached hydrogens (tertiary/aromatic N) is 4. The molecule has 0 bridgehead atoms. The van der Waals surface area contributed by atoms with E-state index in [2.05, 4.69) is 51.8 Å². The van der Waals surface area contributed by atoms with Crippen molar-refractivity contribution in [2.24, 2.45) is 0 Å². The van der Waals surface area contributed by atoms with E-state index in [-0.39, 0.29) is 17.4 Å². The molecule has 0 fully saturated rings. The lowest BCUT2D eigenvalue weighted by molar-refractivity contribution is -0.113. The van der Waals surface area contributed by atoms with Gasteiger partial charge in [0.2, 0.25) is 5.91 Å². The van der Waals surface area contributed by atoms with Gasteiger partial charge in [0.15, 0.2) is 11.0 Å². The fourth-order valence-corrected chi connectivity index (χ4v) is 5.10. The summed E-state index contributed by atoms with van der Waals surface area (Å²) in [7, 11) is 0. The van der Waals surface area contributed by atoms with Gasteiger partial charge in [0.25, 0.3) is 0 Å². The van der Waals surface area contributed by atoms with Crippen LogP contribution in [0.25, 0.3) is 33.2 Å². The van der Waals surface area contributed by atoms with E-state index in [4.69, 9.17) is 0 Å². The van der Waals surface area contributed by atoms with Gasteiger partial charge >= 0.3 is 0 Å². The van der Waals surface area contributed by atoms with Gasteiger partial charge in [0, 0.05) is 40.6 Å². The average molecular weight is 484 g/mol. The van der Waals surface area contributed by atoms with Crippen molar-refractivity contribution in [2.75, 3.05) is 11.1 Å². The van der Waals surface area contributed by atoms with E-state index in [0.717, 1.165) is 23.1 Å². The molecule has 5 aromatic rings. The molecule has 0 aliphatic heterocycles. The quantitative estimate of drug-likeness (QED) is 0.219. The number of amides is 1. The number of carbonyl (C=O) groups excluding carboxylic acids is 1. The number of nitrogens with one attached hydrogen (secondary N) is 1. The lowest BCUT2D eigenvalue weighted by Crippen LogP contribution is -2.14. The summed E-state index contributed by atoms with van der Waals surface area (Å²) in [5, 5.41) is 24.6. The summed E-state index contributed by atoms with van der Waals surface area (Å²) in [5.41, 5.74) is 3.67. The summed E-state index contributed by atoms with van der Waals surface area (Å²) in [5.74, 6) is 0.694. The molecule has 8 heteroatoms. The predicted molar refractivity (Wildman–Crippen MR) is 142 cm³/mol. The number of allylic oxidation sites excluding steroid dienone is 1. The Morgan fingerprint density at radius 1 is 1.03 bits per heavy atom. The molecule has 0 radical (unpaired) electrons. The third-order valence-electron chi connectivity index (χ3n) is 5.88. The SMILES string of the molecule is C=CCn1c(SCC(=O)Nc2ccc3c(c2)c2ccccc2n3CC)nnc1-c1ccccc1O. The summed E-state index contributed by atoms with van der Waals surface area (Å²) in [6, 6.07) is 21.3. The Morgan fingerprint density at radius 3 is 2.60 bits per heavy atom. The summed E-state index contributed by atoms with van der Waals surface area (Å²) in [6.07, 6.45) is 1.74. The van der Waals surface area contributed by atoms with Gasteiger partial charge in [-0.1, -0.05) is 48.2 Å². The van der Waals surface area contributed by atoms with Gasteiger partial charge in [-0.15, -0.1) is 16.8 Å². The normalized spacial score (nSPS) is 11.2. The fourth-order valence-electron chi connectivity index (χ4n) is 4.35. The Morgan fingerprint density at radius 2 is 1.80 bits per heavy atom. The first-order valence-corrected chi connectivity index (χ1v) is 12.4. The van der Waals surface area contributed by atoms with Crippen molar-refractivity contribution in [1.29, 1.82) is 0 Å². The van der Waals surface area contributed by atoms with Gasteiger partial charge in [-0.3, -0.25) is 9.36 Å². The topological polar surface area (TPSA) is 85.0 Å². The first-order valence-electron chi connectivity index (χ1n) is 11.4. The van der Waals surface area contributed by atoms with Crippen LogP contribution in [0, 0.1) is 0 Å². The second-order valence-electron chi connectivity index (χ2n) is 8.05. The van der Waals surface area contributed by atoms with E-state index >= 15 is 0 Å². The van der Waals surface area contributed by atoms with E-state index in [9.17, 15) is 9.90 Å². The molecule has 0 aliphatic rings. The number of benzene rings is 3. The van der Waals surface area contributed by atoms with Gasteiger partial charge < -0.3 is 15.0 Å². The molecule has 0 unspecified atom stereocenters. The zero-order chi connectivity index (χ0) is 24.4. The minimum atomic E-state index is -0.133. The van der Waals surface area contributed by atoms with E-state index in [1.807, 2.05) is 34.9 Å². The lowest BCUT2D eigenvalue weighted by atomic mass is 10.1. The first kappa shape index (κ1) is 22.7. The molecule has 3 aromatic carbocycles. The molecule has 7 nitrogen and oxygen atoms in total. The second kappa shape index (κ2) is 9.68. The molecule has 5 rings (SSSR count). The van der Waals surface area contributed by atoms with E-state index in [1.54, 1.807) is 24.3 Å². The van der Waals surface area contributed by atoms with Crippen molar-refractivity contribution in [1.82, 2.24) is 19.3 Å². The smallest absolute Gasteiger partial charge is 0.234 e. The number of anilines is 1. The second-order valence-corrected chi connectivity index (χ2v) is 9.00. The Hall–Kier alpha value is -4.04. The van der Waals surface area contributed by atoms with Crippen LogP contribution < -0.4 is 5.32 Å². The van der Waals surface area contributed by atoms with Gasteiger partial charge in [0.1, 0.15) is 5.75 Å². The van der Waals surface area contributed by atoms with Crippen LogP contribution in [-0.4, -0.2) is 36.1 Å². The number of para-hydroxylation sites is 2. The minimum absolute atomic E-state index is 0.124. The Labute approximate surface area is 207 Å². The van der Waals surface area contributed by atoms with Crippen molar-refractivity contribution in [3.8, 4) is 17.1 Å². The number of fused-ring (bicyclic) bond motifs is 3. The van der Waals surface area contributed by atoms with Crippen LogP contribution in [0.2, 0.25) is 0 Å². The summed E-state index contributed by atoms with van der Waals surface area (Å²) in [6.45, 7) is 7.28. The van der Waals surface area contributed by atoms with Crippen LogP contribution in [-0.2, 0) is 17.9 Å². The summed E-state index contributed by atoms with van der Waals surface area (Å²) < 4.78 is 4.12. The van der Waals surface area contributed by atoms with Crippen LogP contribution in [0.5, 0.6) is 5.75 Å². The maximum atomic E-state index is 12.8. The molecule has 0 spiro atoms. The first-order chi connectivity index (χ1) is 17.1. The third kappa shape index (κ3) is 4.28.